The van der Waals surface area contributed by atoms with Gasteiger partial charge in [-0.25, -0.2) is 0 Å². The van der Waals surface area contributed by atoms with Gasteiger partial charge in [0.25, 0.3) is 0 Å². The van der Waals surface area contributed by atoms with Crippen molar-refractivity contribution in [3.05, 3.63) is 12.7 Å². The van der Waals surface area contributed by atoms with Gasteiger partial charge in [-0.3, -0.25) is 4.79 Å². The number of amides is 1. The monoisotopic (exact) mass is 155 g/mol. The standard InChI is InChI=1S/C8H13NO2/c1-3-4-9(2)8(10)7-5-11-6-7/h3,7H,1,4-6H2,2H3. The van der Waals surface area contributed by atoms with Crippen LogP contribution in [-0.4, -0.2) is 37.6 Å². The molecule has 0 aromatic rings. The van der Waals surface area contributed by atoms with Gasteiger partial charge in [0.15, 0.2) is 0 Å². The van der Waals surface area contributed by atoms with E-state index < -0.39 is 0 Å². The van der Waals surface area contributed by atoms with Crippen molar-refractivity contribution < 1.29 is 9.53 Å². The molecule has 0 spiro atoms. The Bertz CT molecular complexity index is 163. The predicted molar refractivity (Wildman–Crippen MR) is 42.1 cm³/mol. The molecule has 0 N–H and O–H groups in total. The molecule has 1 amide bonds. The quantitative estimate of drug-likeness (QED) is 0.548. The third-order valence-corrected chi connectivity index (χ3v) is 1.77. The molecule has 3 heteroatoms. The smallest absolute Gasteiger partial charge is 0.230 e. The Morgan fingerprint density at radius 3 is 2.82 bits per heavy atom. The minimum Gasteiger partial charge on any atom is -0.380 e. The Labute approximate surface area is 66.6 Å². The summed E-state index contributed by atoms with van der Waals surface area (Å²) in [5.41, 5.74) is 0. The van der Waals surface area contributed by atoms with Crippen molar-refractivity contribution in [2.24, 2.45) is 5.92 Å². The molecule has 3 nitrogen and oxygen atoms in total. The predicted octanol–water partition coefficient (Wildman–Crippen LogP) is 0.277. The molecule has 0 atom stereocenters. The van der Waals surface area contributed by atoms with Crippen LogP contribution in [-0.2, 0) is 9.53 Å². The summed E-state index contributed by atoms with van der Waals surface area (Å²) in [5.74, 6) is 0.260. The van der Waals surface area contributed by atoms with Gasteiger partial charge in [0.1, 0.15) is 0 Å². The Morgan fingerprint density at radius 1 is 1.82 bits per heavy atom. The SMILES string of the molecule is C=CCN(C)C(=O)C1COC1. The highest BCUT2D eigenvalue weighted by molar-refractivity contribution is 5.79. The fourth-order valence-corrected chi connectivity index (χ4v) is 0.974. The van der Waals surface area contributed by atoms with Crippen LogP contribution in [0.2, 0.25) is 0 Å². The van der Waals surface area contributed by atoms with Gasteiger partial charge in [0.2, 0.25) is 5.91 Å². The summed E-state index contributed by atoms with van der Waals surface area (Å²) in [6.45, 7) is 5.35. The second kappa shape index (κ2) is 3.53. The van der Waals surface area contributed by atoms with Gasteiger partial charge >= 0.3 is 0 Å². The van der Waals surface area contributed by atoms with Gasteiger partial charge in [0.05, 0.1) is 19.1 Å². The highest BCUT2D eigenvalue weighted by Crippen LogP contribution is 2.12. The van der Waals surface area contributed by atoms with E-state index in [4.69, 9.17) is 4.74 Å². The normalized spacial score (nSPS) is 17.2. The molecule has 1 heterocycles. The molecule has 11 heavy (non-hydrogen) atoms. The van der Waals surface area contributed by atoms with Crippen molar-refractivity contribution >= 4 is 5.91 Å². The summed E-state index contributed by atoms with van der Waals surface area (Å²) in [6, 6.07) is 0. The third-order valence-electron chi connectivity index (χ3n) is 1.77. The van der Waals surface area contributed by atoms with Gasteiger partial charge in [0, 0.05) is 13.6 Å². The zero-order chi connectivity index (χ0) is 8.27. The Kier molecular flexibility index (Phi) is 2.65. The molecule has 1 rings (SSSR count). The van der Waals surface area contributed by atoms with Crippen LogP contribution < -0.4 is 0 Å². The van der Waals surface area contributed by atoms with Crippen LogP contribution in [0.5, 0.6) is 0 Å². The minimum absolute atomic E-state index is 0.0972. The van der Waals surface area contributed by atoms with Crippen LogP contribution in [0.1, 0.15) is 0 Å². The van der Waals surface area contributed by atoms with E-state index in [0.29, 0.717) is 19.8 Å². The number of carbonyl (C=O) groups excluding carboxylic acids is 1. The van der Waals surface area contributed by atoms with Gasteiger partial charge in [-0.1, -0.05) is 6.08 Å². The Morgan fingerprint density at radius 2 is 2.45 bits per heavy atom. The van der Waals surface area contributed by atoms with Crippen LogP contribution >= 0.6 is 0 Å². The number of hydrogen-bond donors (Lipinski definition) is 0. The highest BCUT2D eigenvalue weighted by Gasteiger charge is 2.28. The van der Waals surface area contributed by atoms with Crippen LogP contribution in [0.3, 0.4) is 0 Å². The summed E-state index contributed by atoms with van der Waals surface area (Å²) in [7, 11) is 1.78. The number of ether oxygens (including phenoxy) is 1. The zero-order valence-electron chi connectivity index (χ0n) is 6.75. The maximum atomic E-state index is 11.3. The number of nitrogens with zero attached hydrogens (tertiary/aromatic N) is 1. The molecule has 0 unspecified atom stereocenters. The van der Waals surface area contributed by atoms with Gasteiger partial charge in [-0.05, 0) is 0 Å². The maximum absolute atomic E-state index is 11.3. The molecule has 62 valence electrons. The first-order chi connectivity index (χ1) is 5.25. The number of carbonyl (C=O) groups is 1. The van der Waals surface area contributed by atoms with E-state index in [1.165, 1.54) is 0 Å². The molecule has 1 aliphatic heterocycles. The maximum Gasteiger partial charge on any atom is 0.230 e. The topological polar surface area (TPSA) is 29.5 Å². The van der Waals surface area contributed by atoms with E-state index in [2.05, 4.69) is 6.58 Å². The molecule has 1 saturated heterocycles. The highest BCUT2D eigenvalue weighted by atomic mass is 16.5. The van der Waals surface area contributed by atoms with Gasteiger partial charge in [-0.15, -0.1) is 6.58 Å². The van der Waals surface area contributed by atoms with E-state index in [1.807, 2.05) is 0 Å². The Hall–Kier alpha value is -0.830. The number of rotatable bonds is 3. The summed E-state index contributed by atoms with van der Waals surface area (Å²) >= 11 is 0. The molecule has 0 aromatic carbocycles. The lowest BCUT2D eigenvalue weighted by molar-refractivity contribution is -0.147. The average molecular weight is 155 g/mol. The molecule has 0 aliphatic carbocycles. The van der Waals surface area contributed by atoms with E-state index in [0.717, 1.165) is 0 Å². The van der Waals surface area contributed by atoms with Crippen LogP contribution in [0.4, 0.5) is 0 Å². The first-order valence-electron chi connectivity index (χ1n) is 3.69. The second-order valence-electron chi connectivity index (χ2n) is 2.74. The molecule has 1 aliphatic rings. The van der Waals surface area contributed by atoms with Crippen LogP contribution in [0.15, 0.2) is 12.7 Å². The van der Waals surface area contributed by atoms with Crippen molar-refractivity contribution in [3.63, 3.8) is 0 Å². The van der Waals surface area contributed by atoms with Gasteiger partial charge < -0.3 is 9.64 Å². The molecule has 0 bridgehead atoms. The van der Waals surface area contributed by atoms with Crippen molar-refractivity contribution in [1.29, 1.82) is 0 Å². The molecule has 1 fully saturated rings. The Balaban J connectivity index is 2.32. The lowest BCUT2D eigenvalue weighted by Crippen LogP contribution is -2.43. The van der Waals surface area contributed by atoms with Crippen molar-refractivity contribution in [1.82, 2.24) is 4.90 Å². The van der Waals surface area contributed by atoms with Crippen molar-refractivity contribution in [3.8, 4) is 0 Å². The lowest BCUT2D eigenvalue weighted by Gasteiger charge is -2.28. The lowest BCUT2D eigenvalue weighted by atomic mass is 10.1. The fraction of sp³-hybridized carbons (Fsp3) is 0.625. The first kappa shape index (κ1) is 8.27. The molecular weight excluding hydrogens is 142 g/mol. The van der Waals surface area contributed by atoms with E-state index in [-0.39, 0.29) is 11.8 Å². The second-order valence-corrected chi connectivity index (χ2v) is 2.74. The minimum atomic E-state index is 0.0972. The average Bonchev–Trinajstić information content (AvgIpc) is 1.84. The molecule has 0 radical (unpaired) electrons. The van der Waals surface area contributed by atoms with Gasteiger partial charge in [-0.2, -0.15) is 0 Å². The van der Waals surface area contributed by atoms with Crippen molar-refractivity contribution in [2.45, 2.75) is 0 Å². The third kappa shape index (κ3) is 1.80. The fourth-order valence-electron chi connectivity index (χ4n) is 0.974. The summed E-state index contributed by atoms with van der Waals surface area (Å²) in [5, 5.41) is 0. The largest absolute Gasteiger partial charge is 0.380 e. The summed E-state index contributed by atoms with van der Waals surface area (Å²) < 4.78 is 4.91. The summed E-state index contributed by atoms with van der Waals surface area (Å²) in [6.07, 6.45) is 1.72. The molecule has 0 aromatic heterocycles. The number of likely N-dealkylation sites (N-methyl/N-ethyl adjacent to an activating group) is 1. The van der Waals surface area contributed by atoms with Crippen LogP contribution in [0, 0.1) is 5.92 Å². The molecular formula is C8H13NO2. The zero-order valence-corrected chi connectivity index (χ0v) is 6.75. The van der Waals surface area contributed by atoms with Crippen molar-refractivity contribution in [2.75, 3.05) is 26.8 Å². The first-order valence-corrected chi connectivity index (χ1v) is 3.69. The van der Waals surface area contributed by atoms with Crippen LogP contribution in [0.25, 0.3) is 0 Å². The summed E-state index contributed by atoms with van der Waals surface area (Å²) in [4.78, 5) is 13.0. The van der Waals surface area contributed by atoms with E-state index >= 15 is 0 Å². The number of hydrogen-bond acceptors (Lipinski definition) is 2. The molecule has 0 saturated carbocycles. The van der Waals surface area contributed by atoms with E-state index in [1.54, 1.807) is 18.0 Å². The van der Waals surface area contributed by atoms with E-state index in [9.17, 15) is 4.79 Å².